The number of methoxy groups -OCH3 is 2. The van der Waals surface area contributed by atoms with Crippen LogP contribution in [0.3, 0.4) is 0 Å². The van der Waals surface area contributed by atoms with Gasteiger partial charge in [0, 0.05) is 6.07 Å². The van der Waals surface area contributed by atoms with Crippen molar-refractivity contribution in [2.45, 2.75) is 20.0 Å². The highest BCUT2D eigenvalue weighted by atomic mass is 32.1. The Kier molecular flexibility index (Phi) is 5.75. The van der Waals surface area contributed by atoms with E-state index in [9.17, 15) is 9.59 Å². The zero-order valence-electron chi connectivity index (χ0n) is 13.8. The van der Waals surface area contributed by atoms with Crippen LogP contribution >= 0.6 is 11.3 Å². The van der Waals surface area contributed by atoms with Crippen LogP contribution in [0.1, 0.15) is 33.9 Å². The lowest BCUT2D eigenvalue weighted by Gasteiger charge is -2.14. The lowest BCUT2D eigenvalue weighted by atomic mass is 10.1. The van der Waals surface area contributed by atoms with Crippen molar-refractivity contribution < 1.29 is 23.8 Å². The van der Waals surface area contributed by atoms with Crippen LogP contribution < -0.4 is 14.8 Å². The Bertz CT molecular complexity index is 742. The predicted octanol–water partition coefficient (Wildman–Crippen LogP) is 2.98. The molecular formula is C16H18N2O5S. The van der Waals surface area contributed by atoms with E-state index in [0.717, 1.165) is 11.3 Å². The lowest BCUT2D eigenvalue weighted by molar-refractivity contribution is 0.0606. The van der Waals surface area contributed by atoms with Crippen LogP contribution in [0.4, 0.5) is 5.13 Å². The molecule has 0 fully saturated rings. The number of aromatic nitrogens is 1. The normalized spacial score (nSPS) is 10.4. The maximum Gasteiger partial charge on any atom is 0.349 e. The first-order valence-corrected chi connectivity index (χ1v) is 7.96. The van der Waals surface area contributed by atoms with E-state index in [0.29, 0.717) is 27.1 Å². The number of esters is 1. The van der Waals surface area contributed by atoms with Crippen LogP contribution in [0.2, 0.25) is 0 Å². The second-order valence-electron chi connectivity index (χ2n) is 5.00. The van der Waals surface area contributed by atoms with E-state index >= 15 is 0 Å². The molecule has 1 aromatic carbocycles. The Morgan fingerprint density at radius 2 is 2.00 bits per heavy atom. The average Bonchev–Trinajstić information content (AvgIpc) is 3.01. The molecule has 1 aromatic heterocycles. The number of hydrogen-bond donors (Lipinski definition) is 1. The minimum atomic E-state index is -0.499. The number of nitrogens with one attached hydrogen (secondary N) is 1. The second-order valence-corrected chi connectivity index (χ2v) is 6.03. The maximum atomic E-state index is 12.5. The summed E-state index contributed by atoms with van der Waals surface area (Å²) in [6, 6.07) is 4.93. The number of anilines is 1. The molecule has 0 radical (unpaired) electrons. The van der Waals surface area contributed by atoms with Crippen molar-refractivity contribution in [1.82, 2.24) is 4.98 Å². The van der Waals surface area contributed by atoms with Gasteiger partial charge in [0.25, 0.3) is 5.91 Å². The smallest absolute Gasteiger partial charge is 0.349 e. The van der Waals surface area contributed by atoms with Crippen molar-refractivity contribution in [2.75, 3.05) is 19.5 Å². The van der Waals surface area contributed by atoms with Crippen molar-refractivity contribution in [1.29, 1.82) is 0 Å². The molecular weight excluding hydrogens is 332 g/mol. The number of amides is 1. The van der Waals surface area contributed by atoms with Gasteiger partial charge in [-0.1, -0.05) is 11.3 Å². The molecule has 0 spiro atoms. The molecule has 0 aliphatic heterocycles. The van der Waals surface area contributed by atoms with E-state index in [2.05, 4.69) is 15.0 Å². The summed E-state index contributed by atoms with van der Waals surface area (Å²) in [6.07, 6.45) is 1.25. The molecule has 1 N–H and O–H groups in total. The molecule has 24 heavy (non-hydrogen) atoms. The third-order valence-corrected chi connectivity index (χ3v) is 3.80. The highest BCUT2D eigenvalue weighted by Crippen LogP contribution is 2.27. The van der Waals surface area contributed by atoms with Gasteiger partial charge in [-0.25, -0.2) is 9.78 Å². The number of thiazole rings is 1. The van der Waals surface area contributed by atoms with E-state index in [4.69, 9.17) is 9.47 Å². The maximum absolute atomic E-state index is 12.5. The molecule has 7 nitrogen and oxygen atoms in total. The van der Waals surface area contributed by atoms with Gasteiger partial charge in [-0.2, -0.15) is 0 Å². The minimum absolute atomic E-state index is 0.102. The van der Waals surface area contributed by atoms with Crippen LogP contribution in [-0.2, 0) is 4.74 Å². The molecule has 0 saturated carbocycles. The molecule has 2 rings (SSSR count). The second kappa shape index (κ2) is 7.78. The zero-order valence-corrected chi connectivity index (χ0v) is 14.6. The van der Waals surface area contributed by atoms with Crippen LogP contribution in [0.25, 0.3) is 0 Å². The van der Waals surface area contributed by atoms with Crippen LogP contribution in [0, 0.1) is 0 Å². The number of carbonyl (C=O) groups excluding carboxylic acids is 2. The van der Waals surface area contributed by atoms with E-state index in [1.165, 1.54) is 20.4 Å². The van der Waals surface area contributed by atoms with Gasteiger partial charge in [0.05, 0.1) is 32.1 Å². The van der Waals surface area contributed by atoms with Gasteiger partial charge in [-0.15, -0.1) is 0 Å². The van der Waals surface area contributed by atoms with Crippen molar-refractivity contribution in [3.63, 3.8) is 0 Å². The van der Waals surface area contributed by atoms with Crippen LogP contribution in [0.5, 0.6) is 11.5 Å². The van der Waals surface area contributed by atoms with Crippen molar-refractivity contribution in [2.24, 2.45) is 0 Å². The lowest BCUT2D eigenvalue weighted by Crippen LogP contribution is -2.15. The number of hydrogen-bond acceptors (Lipinski definition) is 7. The number of nitrogens with zero attached hydrogens (tertiary/aromatic N) is 1. The largest absolute Gasteiger partial charge is 0.497 e. The topological polar surface area (TPSA) is 86.8 Å². The summed E-state index contributed by atoms with van der Waals surface area (Å²) in [5, 5.41) is 2.95. The molecule has 0 bridgehead atoms. The fourth-order valence-corrected chi connectivity index (χ4v) is 2.59. The summed E-state index contributed by atoms with van der Waals surface area (Å²) in [5.41, 5.74) is 0.347. The van der Waals surface area contributed by atoms with E-state index in [1.807, 2.05) is 13.8 Å². The van der Waals surface area contributed by atoms with Gasteiger partial charge in [0.1, 0.15) is 16.4 Å². The van der Waals surface area contributed by atoms with Crippen LogP contribution in [-0.4, -0.2) is 37.2 Å². The first-order chi connectivity index (χ1) is 11.4. The first-order valence-electron chi connectivity index (χ1n) is 7.14. The third kappa shape index (κ3) is 4.23. The Morgan fingerprint density at radius 3 is 2.62 bits per heavy atom. The van der Waals surface area contributed by atoms with Gasteiger partial charge < -0.3 is 14.2 Å². The Morgan fingerprint density at radius 1 is 1.25 bits per heavy atom. The summed E-state index contributed by atoms with van der Waals surface area (Å²) >= 11 is 1.03. The van der Waals surface area contributed by atoms with Gasteiger partial charge in [0.15, 0.2) is 5.13 Å². The highest BCUT2D eigenvalue weighted by molar-refractivity contribution is 7.17. The molecule has 0 aliphatic rings. The van der Waals surface area contributed by atoms with Crippen molar-refractivity contribution >= 4 is 28.3 Å². The van der Waals surface area contributed by atoms with Gasteiger partial charge in [-0.3, -0.25) is 10.1 Å². The predicted molar refractivity (Wildman–Crippen MR) is 90.2 cm³/mol. The molecule has 8 heteroatoms. The van der Waals surface area contributed by atoms with E-state index in [1.54, 1.807) is 18.2 Å². The van der Waals surface area contributed by atoms with Crippen LogP contribution in [0.15, 0.2) is 24.4 Å². The molecule has 0 aliphatic carbocycles. The first kappa shape index (κ1) is 17.7. The number of ether oxygens (including phenoxy) is 3. The molecule has 0 unspecified atom stereocenters. The standard InChI is InChI=1S/C16H18N2O5S/c1-9(2)23-12-7-10(21-3)5-6-11(12)14(19)18-16-17-8-13(24-16)15(20)22-4/h5-9H,1-4H3,(H,17,18,19). The third-order valence-electron chi connectivity index (χ3n) is 2.91. The number of carbonyl (C=O) groups is 2. The summed E-state index contributed by atoms with van der Waals surface area (Å²) in [4.78, 5) is 28.2. The van der Waals surface area contributed by atoms with Gasteiger partial charge in [0.2, 0.25) is 0 Å². The zero-order chi connectivity index (χ0) is 17.7. The molecule has 1 amide bonds. The van der Waals surface area contributed by atoms with Gasteiger partial charge >= 0.3 is 5.97 Å². The molecule has 128 valence electrons. The fraction of sp³-hybridized carbons (Fsp3) is 0.312. The summed E-state index contributed by atoms with van der Waals surface area (Å²) in [5.74, 6) is 0.108. The van der Waals surface area contributed by atoms with E-state index in [-0.39, 0.29) is 12.0 Å². The Balaban J connectivity index is 2.22. The number of rotatable bonds is 6. The average molecular weight is 350 g/mol. The Labute approximate surface area is 143 Å². The van der Waals surface area contributed by atoms with Crippen molar-refractivity contribution in [3.8, 4) is 11.5 Å². The highest BCUT2D eigenvalue weighted by Gasteiger charge is 2.18. The molecule has 0 saturated heterocycles. The summed E-state index contributed by atoms with van der Waals surface area (Å²) < 4.78 is 15.4. The monoisotopic (exact) mass is 350 g/mol. The molecule has 0 atom stereocenters. The number of benzene rings is 1. The SMILES string of the molecule is COC(=O)c1cnc(NC(=O)c2ccc(OC)cc2OC(C)C)s1. The summed E-state index contributed by atoms with van der Waals surface area (Å²) in [7, 11) is 2.82. The van der Waals surface area contributed by atoms with Gasteiger partial charge in [-0.05, 0) is 26.0 Å². The molecule has 2 aromatic rings. The van der Waals surface area contributed by atoms with E-state index < -0.39 is 5.97 Å². The fourth-order valence-electron chi connectivity index (χ4n) is 1.86. The minimum Gasteiger partial charge on any atom is -0.497 e. The molecule has 1 heterocycles. The quantitative estimate of drug-likeness (QED) is 0.806. The van der Waals surface area contributed by atoms with Crippen molar-refractivity contribution in [3.05, 3.63) is 34.8 Å². The summed E-state index contributed by atoms with van der Waals surface area (Å²) in [6.45, 7) is 3.73. The Hall–Kier alpha value is -2.61.